The van der Waals surface area contributed by atoms with Gasteiger partial charge in [0.05, 0.1) is 5.69 Å². The number of nitrogens with one attached hydrogen (secondary N) is 2. The predicted octanol–water partition coefficient (Wildman–Crippen LogP) is 7.11. The molecule has 2 N–H and O–H groups in total. The number of likely N-dealkylation sites (tertiary alicyclic amines) is 1. The number of rotatable bonds is 6. The molecule has 7 nitrogen and oxygen atoms in total. The number of piperidine rings is 1. The number of nitrogens with zero attached hydrogens (tertiary/aromatic N) is 4. The molecule has 1 aliphatic heterocycles. The molecule has 0 spiro atoms. The highest BCUT2D eigenvalue weighted by molar-refractivity contribution is 5.74. The number of aromatic nitrogens is 3. The van der Waals surface area contributed by atoms with Crippen LogP contribution in [0.1, 0.15) is 61.0 Å². The summed E-state index contributed by atoms with van der Waals surface area (Å²) < 4.78 is 0. The molecule has 2 aromatic heterocycles. The molecular weight excluding hydrogens is 496 g/mol. The van der Waals surface area contributed by atoms with Gasteiger partial charge in [0.2, 0.25) is 5.95 Å². The van der Waals surface area contributed by atoms with Gasteiger partial charge in [-0.2, -0.15) is 0 Å². The van der Waals surface area contributed by atoms with Crippen molar-refractivity contribution in [3.63, 3.8) is 0 Å². The summed E-state index contributed by atoms with van der Waals surface area (Å²) in [5.74, 6) is 1.22. The molecule has 2 aromatic carbocycles. The fourth-order valence-electron chi connectivity index (χ4n) is 4.86. The van der Waals surface area contributed by atoms with Crippen LogP contribution in [0.4, 0.5) is 17.3 Å². The maximum atomic E-state index is 10.6. The number of carbonyl (C=O) groups is 1. The first-order valence-electron chi connectivity index (χ1n) is 13.9. The number of pyridine rings is 1. The topological polar surface area (TPSA) is 83.0 Å². The van der Waals surface area contributed by atoms with Gasteiger partial charge in [-0.25, -0.2) is 9.97 Å². The van der Waals surface area contributed by atoms with E-state index in [9.17, 15) is 4.79 Å². The Bertz CT molecular complexity index is 1370. The zero-order chi connectivity index (χ0) is 28.5. The highest BCUT2D eigenvalue weighted by atomic mass is 16.1. The van der Waals surface area contributed by atoms with E-state index in [1.54, 1.807) is 18.6 Å². The number of aldehydes is 1. The molecule has 0 amide bonds. The normalized spacial score (nSPS) is 14.1. The monoisotopic (exact) mass is 536 g/mol. The van der Waals surface area contributed by atoms with Crippen LogP contribution in [0, 0.1) is 6.92 Å². The van der Waals surface area contributed by atoms with Gasteiger partial charge >= 0.3 is 0 Å². The Hall–Kier alpha value is -4.10. The van der Waals surface area contributed by atoms with Gasteiger partial charge in [-0.1, -0.05) is 30.3 Å². The Morgan fingerprint density at radius 3 is 2.35 bits per heavy atom. The van der Waals surface area contributed by atoms with E-state index in [1.807, 2.05) is 56.4 Å². The molecule has 1 aliphatic rings. The molecule has 0 unspecified atom stereocenters. The first kappa shape index (κ1) is 28.9. The molecule has 0 bridgehead atoms. The van der Waals surface area contributed by atoms with Crippen molar-refractivity contribution in [3.05, 3.63) is 95.9 Å². The zero-order valence-corrected chi connectivity index (χ0v) is 24.2. The summed E-state index contributed by atoms with van der Waals surface area (Å²) in [6.07, 6.45) is 8.63. The van der Waals surface area contributed by atoms with E-state index in [4.69, 9.17) is 0 Å². The minimum atomic E-state index is 0.284. The van der Waals surface area contributed by atoms with Gasteiger partial charge in [-0.15, -0.1) is 0 Å². The maximum absolute atomic E-state index is 10.6. The third-order valence-electron chi connectivity index (χ3n) is 7.37. The van der Waals surface area contributed by atoms with E-state index in [1.165, 1.54) is 31.5 Å². The summed E-state index contributed by atoms with van der Waals surface area (Å²) >= 11 is 0. The average molecular weight is 537 g/mol. The van der Waals surface area contributed by atoms with E-state index in [-0.39, 0.29) is 5.54 Å². The van der Waals surface area contributed by atoms with Crippen LogP contribution in [0.5, 0.6) is 0 Å². The summed E-state index contributed by atoms with van der Waals surface area (Å²) in [5.41, 5.74) is 7.40. The highest BCUT2D eigenvalue weighted by Crippen LogP contribution is 2.31. The van der Waals surface area contributed by atoms with Crippen LogP contribution in [-0.2, 0) is 0 Å². The van der Waals surface area contributed by atoms with E-state index >= 15 is 0 Å². The summed E-state index contributed by atoms with van der Waals surface area (Å²) in [5, 5.41) is 6.40. The molecule has 3 heterocycles. The molecule has 5 rings (SSSR count). The summed E-state index contributed by atoms with van der Waals surface area (Å²) in [6.45, 7) is 11.2. The van der Waals surface area contributed by atoms with E-state index in [2.05, 4.69) is 69.5 Å². The van der Waals surface area contributed by atoms with Crippen LogP contribution in [0.15, 0.2) is 79.3 Å². The van der Waals surface area contributed by atoms with Crippen LogP contribution in [-0.4, -0.2) is 51.8 Å². The standard InChI is InChI=1S/C17H17N5.C16H23NO/c1-12-5-6-14(18-2)10-16(12)22-17-20-9-7-15(21-17)13-4-3-8-19-11-13;1-16(2,3)17-10-8-15(9-11-17)14-6-4-13(12-18)5-7-14/h3-11,18H,1-2H3,(H,20,21,22);4-7,12,15H,8-11H2,1-3H3. The van der Waals surface area contributed by atoms with Gasteiger partial charge in [0.1, 0.15) is 6.29 Å². The smallest absolute Gasteiger partial charge is 0.227 e. The van der Waals surface area contributed by atoms with Crippen LogP contribution in [0.2, 0.25) is 0 Å². The minimum Gasteiger partial charge on any atom is -0.388 e. The Morgan fingerprint density at radius 1 is 0.975 bits per heavy atom. The van der Waals surface area contributed by atoms with Crippen molar-refractivity contribution in [2.75, 3.05) is 30.8 Å². The van der Waals surface area contributed by atoms with Gasteiger partial charge < -0.3 is 10.6 Å². The number of hydrogen-bond donors (Lipinski definition) is 2. The van der Waals surface area contributed by atoms with Crippen molar-refractivity contribution in [3.8, 4) is 11.3 Å². The fourth-order valence-corrected chi connectivity index (χ4v) is 4.86. The van der Waals surface area contributed by atoms with Gasteiger partial charge in [-0.3, -0.25) is 14.7 Å². The van der Waals surface area contributed by atoms with Crippen molar-refractivity contribution < 1.29 is 4.79 Å². The average Bonchev–Trinajstić information content (AvgIpc) is 2.99. The molecule has 7 heteroatoms. The van der Waals surface area contributed by atoms with Gasteiger partial charge in [0, 0.05) is 53.7 Å². The molecular formula is C33H40N6O. The number of anilines is 3. The number of aryl methyl sites for hydroxylation is 1. The Morgan fingerprint density at radius 2 is 1.73 bits per heavy atom. The summed E-state index contributed by atoms with van der Waals surface area (Å²) in [7, 11) is 1.90. The molecule has 1 saturated heterocycles. The van der Waals surface area contributed by atoms with Crippen molar-refractivity contribution >= 4 is 23.6 Å². The number of carbonyl (C=O) groups excluding carboxylic acids is 1. The lowest BCUT2D eigenvalue weighted by Crippen LogP contribution is -2.45. The maximum Gasteiger partial charge on any atom is 0.227 e. The largest absolute Gasteiger partial charge is 0.388 e. The number of hydrogen-bond acceptors (Lipinski definition) is 7. The lowest BCUT2D eigenvalue weighted by Gasteiger charge is -2.41. The zero-order valence-electron chi connectivity index (χ0n) is 24.2. The summed E-state index contributed by atoms with van der Waals surface area (Å²) in [6, 6.07) is 20.0. The quantitative estimate of drug-likeness (QED) is 0.254. The third kappa shape index (κ3) is 7.73. The Kier molecular flexibility index (Phi) is 9.61. The van der Waals surface area contributed by atoms with Gasteiger partial charge in [0.25, 0.3) is 0 Å². The first-order valence-corrected chi connectivity index (χ1v) is 13.9. The Labute approximate surface area is 238 Å². The fraction of sp³-hybridized carbons (Fsp3) is 0.333. The molecule has 208 valence electrons. The van der Waals surface area contributed by atoms with E-state index < -0.39 is 0 Å². The van der Waals surface area contributed by atoms with Gasteiger partial charge in [0.15, 0.2) is 0 Å². The van der Waals surface area contributed by atoms with Gasteiger partial charge in [-0.05, 0) is 101 Å². The molecule has 4 aromatic rings. The first-order chi connectivity index (χ1) is 19.3. The number of benzene rings is 2. The van der Waals surface area contributed by atoms with Crippen LogP contribution in [0.25, 0.3) is 11.3 Å². The molecule has 0 radical (unpaired) electrons. The summed E-state index contributed by atoms with van der Waals surface area (Å²) in [4.78, 5) is 26.2. The molecule has 0 atom stereocenters. The second-order valence-electron chi connectivity index (χ2n) is 11.1. The van der Waals surface area contributed by atoms with Crippen LogP contribution in [0.3, 0.4) is 0 Å². The van der Waals surface area contributed by atoms with Crippen molar-refractivity contribution in [1.82, 2.24) is 19.9 Å². The Balaban J connectivity index is 0.000000189. The molecule has 1 fully saturated rings. The predicted molar refractivity (Wildman–Crippen MR) is 164 cm³/mol. The molecule has 0 aliphatic carbocycles. The third-order valence-corrected chi connectivity index (χ3v) is 7.37. The van der Waals surface area contributed by atoms with E-state index in [0.717, 1.165) is 40.0 Å². The van der Waals surface area contributed by atoms with Crippen molar-refractivity contribution in [2.24, 2.45) is 0 Å². The van der Waals surface area contributed by atoms with E-state index in [0.29, 0.717) is 11.9 Å². The van der Waals surface area contributed by atoms with Crippen molar-refractivity contribution in [2.45, 2.75) is 52.0 Å². The molecule has 40 heavy (non-hydrogen) atoms. The van der Waals surface area contributed by atoms with Crippen molar-refractivity contribution in [1.29, 1.82) is 0 Å². The minimum absolute atomic E-state index is 0.284. The molecule has 0 saturated carbocycles. The lowest BCUT2D eigenvalue weighted by molar-refractivity contribution is 0.102. The highest BCUT2D eigenvalue weighted by Gasteiger charge is 2.27. The second kappa shape index (κ2) is 13.3. The van der Waals surface area contributed by atoms with Crippen LogP contribution < -0.4 is 10.6 Å². The second-order valence-corrected chi connectivity index (χ2v) is 11.1. The SMILES string of the molecule is CC(C)(C)N1CCC(c2ccc(C=O)cc2)CC1.CNc1ccc(C)c(Nc2nccc(-c3cccnc3)n2)c1. The lowest BCUT2D eigenvalue weighted by atomic mass is 9.87. The van der Waals surface area contributed by atoms with Crippen LogP contribution >= 0.6 is 0 Å².